The molecule has 0 saturated heterocycles. The lowest BCUT2D eigenvalue weighted by Gasteiger charge is -2.12. The summed E-state index contributed by atoms with van der Waals surface area (Å²) in [6.07, 6.45) is 10.6. The highest BCUT2D eigenvalue weighted by Crippen LogP contribution is 2.21. The molecule has 1 heterocycles. The molecule has 0 fully saturated rings. The Bertz CT molecular complexity index is 327. The van der Waals surface area contributed by atoms with E-state index in [2.05, 4.69) is 23.5 Å². The van der Waals surface area contributed by atoms with Crippen molar-refractivity contribution in [1.82, 2.24) is 4.57 Å². The number of aryl methyl sites for hydroxylation is 1. The van der Waals surface area contributed by atoms with Crippen molar-refractivity contribution in [3.63, 3.8) is 0 Å². The minimum absolute atomic E-state index is 0.276. The van der Waals surface area contributed by atoms with Gasteiger partial charge in [-0.2, -0.15) is 0 Å². The highest BCUT2D eigenvalue weighted by Gasteiger charge is 2.12. The van der Waals surface area contributed by atoms with E-state index in [4.69, 9.17) is 0 Å². The van der Waals surface area contributed by atoms with Crippen LogP contribution in [0.25, 0.3) is 0 Å². The van der Waals surface area contributed by atoms with E-state index in [1.807, 2.05) is 26.0 Å². The molecule has 0 saturated carbocycles. The fraction of sp³-hybridized carbons (Fsp3) is 0.600. The van der Waals surface area contributed by atoms with E-state index in [9.17, 15) is 5.11 Å². The third-order valence-electron chi connectivity index (χ3n) is 3.07. The molecule has 0 amide bonds. The van der Waals surface area contributed by atoms with Gasteiger partial charge in [0.25, 0.3) is 0 Å². The number of hydrogen-bond acceptors (Lipinski definition) is 1. The average molecular weight is 235 g/mol. The molecule has 0 aliphatic carbocycles. The van der Waals surface area contributed by atoms with Gasteiger partial charge in [0.1, 0.15) is 0 Å². The lowest BCUT2D eigenvalue weighted by molar-refractivity contribution is 0.127. The maximum Gasteiger partial charge on any atom is 0.0827 e. The molecule has 2 nitrogen and oxygen atoms in total. The first kappa shape index (κ1) is 14.0. The van der Waals surface area contributed by atoms with Gasteiger partial charge in [0, 0.05) is 18.9 Å². The number of aliphatic hydroxyl groups is 1. The second-order valence-corrected chi connectivity index (χ2v) is 5.01. The average Bonchev–Trinajstić information content (AvgIpc) is 2.76. The topological polar surface area (TPSA) is 25.2 Å². The van der Waals surface area contributed by atoms with E-state index >= 15 is 0 Å². The summed E-state index contributed by atoms with van der Waals surface area (Å²) in [6, 6.07) is 2.02. The highest BCUT2D eigenvalue weighted by molar-refractivity contribution is 5.14. The van der Waals surface area contributed by atoms with Crippen molar-refractivity contribution in [2.45, 2.75) is 52.2 Å². The van der Waals surface area contributed by atoms with Crippen molar-refractivity contribution in [2.24, 2.45) is 5.92 Å². The van der Waals surface area contributed by atoms with Gasteiger partial charge in [0.15, 0.2) is 0 Å². The zero-order chi connectivity index (χ0) is 12.7. The minimum Gasteiger partial charge on any atom is -0.388 e. The van der Waals surface area contributed by atoms with E-state index in [1.54, 1.807) is 0 Å². The zero-order valence-corrected chi connectivity index (χ0v) is 11.1. The van der Waals surface area contributed by atoms with E-state index < -0.39 is 0 Å². The Kier molecular flexibility index (Phi) is 6.06. The number of unbranched alkanes of at least 4 members (excludes halogenated alkanes) is 3. The molecule has 0 aliphatic rings. The Morgan fingerprint density at radius 3 is 2.76 bits per heavy atom. The molecule has 17 heavy (non-hydrogen) atoms. The number of hydrogen-bond donors (Lipinski definition) is 1. The molecule has 96 valence electrons. The molecule has 0 aromatic carbocycles. The lowest BCUT2D eigenvalue weighted by Crippen LogP contribution is -2.04. The summed E-state index contributed by atoms with van der Waals surface area (Å²) in [7, 11) is 0. The first-order valence-electron chi connectivity index (χ1n) is 6.59. The summed E-state index contributed by atoms with van der Waals surface area (Å²) in [5, 5.41) is 9.93. The number of allylic oxidation sites excluding steroid dienone is 1. The standard InChI is InChI=1S/C15H25NO/c1-4-5-6-7-8-10-16-11-9-14(12-16)15(17)13(2)3/h4,9,11-13,15,17H,1,5-8,10H2,2-3H3. The molecule has 1 aromatic heterocycles. The predicted molar refractivity (Wildman–Crippen MR) is 72.9 cm³/mol. The predicted octanol–water partition coefficient (Wildman–Crippen LogP) is 3.92. The first-order chi connectivity index (χ1) is 8.15. The van der Waals surface area contributed by atoms with Crippen molar-refractivity contribution in [3.8, 4) is 0 Å². The van der Waals surface area contributed by atoms with Crippen LogP contribution in [0.2, 0.25) is 0 Å². The smallest absolute Gasteiger partial charge is 0.0827 e. The van der Waals surface area contributed by atoms with Gasteiger partial charge in [-0.3, -0.25) is 0 Å². The Morgan fingerprint density at radius 2 is 2.12 bits per heavy atom. The van der Waals surface area contributed by atoms with Gasteiger partial charge in [-0.05, 0) is 36.8 Å². The molecule has 1 N–H and O–H groups in total. The quantitative estimate of drug-likeness (QED) is 0.536. The molecule has 2 heteroatoms. The Labute approximate surface area is 105 Å². The van der Waals surface area contributed by atoms with Crippen LogP contribution in [-0.4, -0.2) is 9.67 Å². The molecule has 0 bridgehead atoms. The van der Waals surface area contributed by atoms with E-state index in [1.165, 1.54) is 19.3 Å². The molecule has 1 aromatic rings. The van der Waals surface area contributed by atoms with Gasteiger partial charge in [-0.15, -0.1) is 6.58 Å². The van der Waals surface area contributed by atoms with Crippen LogP contribution in [0.1, 0.15) is 51.2 Å². The molecule has 1 unspecified atom stereocenters. The summed E-state index contributed by atoms with van der Waals surface area (Å²) in [6.45, 7) is 8.84. The van der Waals surface area contributed by atoms with Gasteiger partial charge in [0.05, 0.1) is 6.10 Å². The third kappa shape index (κ3) is 4.78. The van der Waals surface area contributed by atoms with Gasteiger partial charge in [-0.25, -0.2) is 0 Å². The van der Waals surface area contributed by atoms with Crippen LogP contribution < -0.4 is 0 Å². The maximum absolute atomic E-state index is 9.93. The zero-order valence-electron chi connectivity index (χ0n) is 11.1. The molecular formula is C15H25NO. The fourth-order valence-electron chi connectivity index (χ4n) is 1.92. The summed E-state index contributed by atoms with van der Waals surface area (Å²) in [5.41, 5.74) is 1.03. The molecule has 0 spiro atoms. The number of aromatic nitrogens is 1. The van der Waals surface area contributed by atoms with E-state index in [-0.39, 0.29) is 12.0 Å². The SMILES string of the molecule is C=CCCCCCn1ccc(C(O)C(C)C)c1. The number of nitrogens with zero attached hydrogens (tertiary/aromatic N) is 1. The minimum atomic E-state index is -0.336. The summed E-state index contributed by atoms with van der Waals surface area (Å²) < 4.78 is 2.18. The van der Waals surface area contributed by atoms with Crippen LogP contribution >= 0.6 is 0 Å². The second kappa shape index (κ2) is 7.33. The van der Waals surface area contributed by atoms with Crippen molar-refractivity contribution in [2.75, 3.05) is 0 Å². The van der Waals surface area contributed by atoms with Crippen LogP contribution in [0.4, 0.5) is 0 Å². The number of rotatable bonds is 8. The van der Waals surface area contributed by atoms with Crippen LogP contribution in [-0.2, 0) is 6.54 Å². The van der Waals surface area contributed by atoms with Crippen molar-refractivity contribution in [3.05, 3.63) is 36.7 Å². The molecule has 0 aliphatic heterocycles. The van der Waals surface area contributed by atoms with Gasteiger partial charge in [-0.1, -0.05) is 26.3 Å². The second-order valence-electron chi connectivity index (χ2n) is 5.01. The van der Waals surface area contributed by atoms with E-state index in [0.29, 0.717) is 0 Å². The van der Waals surface area contributed by atoms with Crippen LogP contribution in [0.15, 0.2) is 31.1 Å². The van der Waals surface area contributed by atoms with Crippen molar-refractivity contribution in [1.29, 1.82) is 0 Å². The van der Waals surface area contributed by atoms with Gasteiger partial charge in [0.2, 0.25) is 0 Å². The highest BCUT2D eigenvalue weighted by atomic mass is 16.3. The Balaban J connectivity index is 2.33. The third-order valence-corrected chi connectivity index (χ3v) is 3.07. The fourth-order valence-corrected chi connectivity index (χ4v) is 1.92. The summed E-state index contributed by atoms with van der Waals surface area (Å²) >= 11 is 0. The molecular weight excluding hydrogens is 210 g/mol. The lowest BCUT2D eigenvalue weighted by atomic mass is 10.0. The van der Waals surface area contributed by atoms with E-state index in [0.717, 1.165) is 18.5 Å². The van der Waals surface area contributed by atoms with Crippen LogP contribution in [0.5, 0.6) is 0 Å². The van der Waals surface area contributed by atoms with Gasteiger partial charge < -0.3 is 9.67 Å². The summed E-state index contributed by atoms with van der Waals surface area (Å²) in [5.74, 6) is 0.276. The molecule has 1 atom stereocenters. The number of aliphatic hydroxyl groups excluding tert-OH is 1. The Hall–Kier alpha value is -1.02. The Morgan fingerprint density at radius 1 is 1.35 bits per heavy atom. The molecule has 1 rings (SSSR count). The summed E-state index contributed by atoms with van der Waals surface area (Å²) in [4.78, 5) is 0. The van der Waals surface area contributed by atoms with Crippen LogP contribution in [0.3, 0.4) is 0 Å². The largest absolute Gasteiger partial charge is 0.388 e. The van der Waals surface area contributed by atoms with Crippen molar-refractivity contribution >= 4 is 0 Å². The van der Waals surface area contributed by atoms with Crippen molar-refractivity contribution < 1.29 is 5.11 Å². The first-order valence-corrected chi connectivity index (χ1v) is 6.59. The normalized spacial score (nSPS) is 12.9. The maximum atomic E-state index is 9.93. The molecule has 0 radical (unpaired) electrons. The van der Waals surface area contributed by atoms with Gasteiger partial charge >= 0.3 is 0 Å². The monoisotopic (exact) mass is 235 g/mol. The van der Waals surface area contributed by atoms with Crippen LogP contribution in [0, 0.1) is 5.92 Å².